The van der Waals surface area contributed by atoms with Crippen molar-refractivity contribution in [1.82, 2.24) is 14.8 Å². The standard InChI is InChI=1S/C13H15N3O3/c1-18-13(17)11-3-2-10-12(14-11)8-16(15-10)9-4-6-19-7-5-9/h2-3,8-9H,4-7H2,1H3. The van der Waals surface area contributed by atoms with Crippen molar-refractivity contribution in [2.75, 3.05) is 20.3 Å². The fourth-order valence-corrected chi connectivity index (χ4v) is 2.28. The summed E-state index contributed by atoms with van der Waals surface area (Å²) in [6.07, 6.45) is 3.80. The zero-order valence-electron chi connectivity index (χ0n) is 10.7. The Morgan fingerprint density at radius 3 is 2.89 bits per heavy atom. The second-order valence-corrected chi connectivity index (χ2v) is 4.55. The zero-order chi connectivity index (χ0) is 13.2. The summed E-state index contributed by atoms with van der Waals surface area (Å²) in [5, 5.41) is 4.51. The summed E-state index contributed by atoms with van der Waals surface area (Å²) < 4.78 is 11.9. The Hall–Kier alpha value is -1.95. The quantitative estimate of drug-likeness (QED) is 0.768. The van der Waals surface area contributed by atoms with Crippen LogP contribution in [0.25, 0.3) is 11.0 Å². The smallest absolute Gasteiger partial charge is 0.356 e. The lowest BCUT2D eigenvalue weighted by Crippen LogP contribution is -2.19. The van der Waals surface area contributed by atoms with E-state index in [-0.39, 0.29) is 0 Å². The van der Waals surface area contributed by atoms with Crippen LogP contribution < -0.4 is 0 Å². The van der Waals surface area contributed by atoms with Crippen LogP contribution in [0, 0.1) is 0 Å². The van der Waals surface area contributed by atoms with Crippen molar-refractivity contribution in [2.24, 2.45) is 0 Å². The molecule has 0 bridgehead atoms. The van der Waals surface area contributed by atoms with Crippen LogP contribution in [0.5, 0.6) is 0 Å². The molecule has 1 fully saturated rings. The number of hydrogen-bond acceptors (Lipinski definition) is 5. The highest BCUT2D eigenvalue weighted by Crippen LogP contribution is 2.22. The summed E-state index contributed by atoms with van der Waals surface area (Å²) in [6, 6.07) is 3.78. The van der Waals surface area contributed by atoms with Gasteiger partial charge in [0.25, 0.3) is 0 Å². The fraction of sp³-hybridized carbons (Fsp3) is 0.462. The second kappa shape index (κ2) is 4.97. The van der Waals surface area contributed by atoms with E-state index in [2.05, 4.69) is 14.8 Å². The van der Waals surface area contributed by atoms with Gasteiger partial charge in [-0.3, -0.25) is 4.68 Å². The van der Waals surface area contributed by atoms with Crippen molar-refractivity contribution in [3.63, 3.8) is 0 Å². The van der Waals surface area contributed by atoms with Gasteiger partial charge in [0.2, 0.25) is 0 Å². The number of carbonyl (C=O) groups is 1. The predicted molar refractivity (Wildman–Crippen MR) is 68.0 cm³/mol. The molecule has 2 aromatic rings. The van der Waals surface area contributed by atoms with Gasteiger partial charge in [0.15, 0.2) is 0 Å². The largest absolute Gasteiger partial charge is 0.464 e. The zero-order valence-corrected chi connectivity index (χ0v) is 10.7. The molecule has 0 amide bonds. The van der Waals surface area contributed by atoms with E-state index < -0.39 is 5.97 Å². The van der Waals surface area contributed by atoms with Gasteiger partial charge in [-0.15, -0.1) is 0 Å². The maximum atomic E-state index is 11.4. The number of carbonyl (C=O) groups excluding carboxylic acids is 1. The van der Waals surface area contributed by atoms with Crippen molar-refractivity contribution < 1.29 is 14.3 Å². The highest BCUT2D eigenvalue weighted by atomic mass is 16.5. The first kappa shape index (κ1) is 12.1. The SMILES string of the molecule is COC(=O)c1ccc2nn(C3CCOCC3)cc2n1. The van der Waals surface area contributed by atoms with E-state index in [1.165, 1.54) is 7.11 Å². The van der Waals surface area contributed by atoms with Crippen molar-refractivity contribution >= 4 is 17.0 Å². The number of nitrogens with zero attached hydrogens (tertiary/aromatic N) is 3. The monoisotopic (exact) mass is 261 g/mol. The lowest BCUT2D eigenvalue weighted by molar-refractivity contribution is 0.0594. The highest BCUT2D eigenvalue weighted by Gasteiger charge is 2.18. The molecule has 100 valence electrons. The van der Waals surface area contributed by atoms with E-state index in [0.717, 1.165) is 37.1 Å². The van der Waals surface area contributed by atoms with Gasteiger partial charge in [-0.2, -0.15) is 5.10 Å². The Bertz CT molecular complexity index is 602. The van der Waals surface area contributed by atoms with Crippen molar-refractivity contribution in [3.05, 3.63) is 24.0 Å². The van der Waals surface area contributed by atoms with Crippen molar-refractivity contribution in [1.29, 1.82) is 0 Å². The van der Waals surface area contributed by atoms with Crippen LogP contribution in [0.2, 0.25) is 0 Å². The molecular weight excluding hydrogens is 246 g/mol. The summed E-state index contributed by atoms with van der Waals surface area (Å²) in [5.74, 6) is -0.430. The van der Waals surface area contributed by atoms with Crippen LogP contribution in [-0.4, -0.2) is 41.1 Å². The number of fused-ring (bicyclic) bond motifs is 1. The Morgan fingerprint density at radius 1 is 1.37 bits per heavy atom. The number of hydrogen-bond donors (Lipinski definition) is 0. The second-order valence-electron chi connectivity index (χ2n) is 4.55. The molecule has 0 spiro atoms. The molecule has 1 aliphatic rings. The maximum absolute atomic E-state index is 11.4. The third-order valence-corrected chi connectivity index (χ3v) is 3.34. The normalized spacial score (nSPS) is 16.7. The third kappa shape index (κ3) is 2.31. The Morgan fingerprint density at radius 2 is 2.16 bits per heavy atom. The number of methoxy groups -OCH3 is 1. The molecule has 6 nitrogen and oxygen atoms in total. The van der Waals surface area contributed by atoms with Gasteiger partial charge in [0.05, 0.1) is 19.3 Å². The predicted octanol–water partition coefficient (Wildman–Crippen LogP) is 1.57. The maximum Gasteiger partial charge on any atom is 0.356 e. The van der Waals surface area contributed by atoms with Crippen LogP contribution in [-0.2, 0) is 9.47 Å². The van der Waals surface area contributed by atoms with Crippen LogP contribution in [0.1, 0.15) is 29.4 Å². The Labute approximate surface area is 110 Å². The van der Waals surface area contributed by atoms with Crippen molar-refractivity contribution in [3.8, 4) is 0 Å². The fourth-order valence-electron chi connectivity index (χ4n) is 2.28. The molecule has 0 saturated carbocycles. The summed E-state index contributed by atoms with van der Waals surface area (Å²) in [5.41, 5.74) is 1.81. The van der Waals surface area contributed by atoms with Gasteiger partial charge >= 0.3 is 5.97 Å². The number of rotatable bonds is 2. The Balaban J connectivity index is 1.93. The molecule has 1 aliphatic heterocycles. The first-order chi connectivity index (χ1) is 9.28. The Kier molecular flexibility index (Phi) is 3.16. The van der Waals surface area contributed by atoms with Crippen LogP contribution >= 0.6 is 0 Å². The van der Waals surface area contributed by atoms with Gasteiger partial charge in [-0.1, -0.05) is 0 Å². The first-order valence-corrected chi connectivity index (χ1v) is 6.30. The van der Waals surface area contributed by atoms with E-state index in [1.54, 1.807) is 12.1 Å². The molecule has 3 heterocycles. The minimum absolute atomic E-state index is 0.307. The average molecular weight is 261 g/mol. The topological polar surface area (TPSA) is 66.2 Å². The number of aromatic nitrogens is 3. The number of esters is 1. The van der Waals surface area contributed by atoms with Crippen LogP contribution in [0.15, 0.2) is 18.3 Å². The molecule has 3 rings (SSSR count). The summed E-state index contributed by atoms with van der Waals surface area (Å²) in [6.45, 7) is 1.53. The van der Waals surface area contributed by atoms with Gasteiger partial charge in [0.1, 0.15) is 16.7 Å². The molecule has 1 saturated heterocycles. The van der Waals surface area contributed by atoms with E-state index in [9.17, 15) is 4.79 Å². The molecular formula is C13H15N3O3. The lowest BCUT2D eigenvalue weighted by Gasteiger charge is -2.21. The molecule has 19 heavy (non-hydrogen) atoms. The van der Waals surface area contributed by atoms with Crippen LogP contribution in [0.4, 0.5) is 0 Å². The number of ether oxygens (including phenoxy) is 2. The average Bonchev–Trinajstić information content (AvgIpc) is 2.90. The minimum atomic E-state index is -0.430. The minimum Gasteiger partial charge on any atom is -0.464 e. The molecule has 0 aliphatic carbocycles. The van der Waals surface area contributed by atoms with E-state index in [4.69, 9.17) is 4.74 Å². The van der Waals surface area contributed by atoms with Crippen LogP contribution in [0.3, 0.4) is 0 Å². The molecule has 6 heteroatoms. The molecule has 0 atom stereocenters. The van der Waals surface area contributed by atoms with E-state index in [0.29, 0.717) is 11.7 Å². The summed E-state index contributed by atoms with van der Waals surface area (Å²) >= 11 is 0. The van der Waals surface area contributed by atoms with Crippen molar-refractivity contribution in [2.45, 2.75) is 18.9 Å². The van der Waals surface area contributed by atoms with E-state index >= 15 is 0 Å². The molecule has 0 radical (unpaired) electrons. The highest BCUT2D eigenvalue weighted by molar-refractivity contribution is 5.90. The lowest BCUT2D eigenvalue weighted by atomic mass is 10.1. The third-order valence-electron chi connectivity index (χ3n) is 3.34. The van der Waals surface area contributed by atoms with Gasteiger partial charge in [-0.05, 0) is 25.0 Å². The molecule has 0 N–H and O–H groups in total. The molecule has 0 unspecified atom stereocenters. The summed E-state index contributed by atoms with van der Waals surface area (Å²) in [7, 11) is 1.35. The first-order valence-electron chi connectivity index (χ1n) is 6.30. The van der Waals surface area contributed by atoms with Gasteiger partial charge in [-0.25, -0.2) is 9.78 Å². The molecule has 0 aromatic carbocycles. The van der Waals surface area contributed by atoms with Gasteiger partial charge in [0, 0.05) is 13.2 Å². The van der Waals surface area contributed by atoms with E-state index in [1.807, 2.05) is 10.9 Å². The summed E-state index contributed by atoms with van der Waals surface area (Å²) in [4.78, 5) is 15.7. The molecule has 2 aromatic heterocycles. The van der Waals surface area contributed by atoms with Gasteiger partial charge < -0.3 is 9.47 Å². The number of pyridine rings is 1.